The molecule has 2 aliphatic rings. The predicted molar refractivity (Wildman–Crippen MR) is 57.9 cm³/mol. The number of fused-ring (bicyclic) bond motifs is 1. The van der Waals surface area contributed by atoms with Gasteiger partial charge >= 0.3 is 5.97 Å². The maximum atomic E-state index is 10.7. The van der Waals surface area contributed by atoms with Gasteiger partial charge in [0.25, 0.3) is 0 Å². The third-order valence-corrected chi connectivity index (χ3v) is 3.66. The van der Waals surface area contributed by atoms with Crippen LogP contribution in [0.4, 0.5) is 0 Å². The Morgan fingerprint density at radius 3 is 2.93 bits per heavy atom. The number of hydrogen-bond acceptors (Lipinski definition) is 3. The Morgan fingerprint density at radius 1 is 1.40 bits per heavy atom. The van der Waals surface area contributed by atoms with E-state index >= 15 is 0 Å². The molecule has 0 bridgehead atoms. The zero-order valence-corrected chi connectivity index (χ0v) is 9.35. The third kappa shape index (κ3) is 2.49. The van der Waals surface area contributed by atoms with Crippen LogP contribution < -0.4 is 0 Å². The first-order chi connectivity index (χ1) is 7.16. The van der Waals surface area contributed by atoms with E-state index in [2.05, 4.69) is 16.8 Å². The van der Waals surface area contributed by atoms with Crippen LogP contribution in [0.1, 0.15) is 25.7 Å². The number of aliphatic carboxylic acids is 1. The van der Waals surface area contributed by atoms with Crippen molar-refractivity contribution in [3.8, 4) is 0 Å². The molecule has 0 radical (unpaired) electrons. The lowest BCUT2D eigenvalue weighted by molar-refractivity contribution is -0.138. The Hall–Kier alpha value is -0.610. The first-order valence-electron chi connectivity index (χ1n) is 5.83. The lowest BCUT2D eigenvalue weighted by Crippen LogP contribution is -2.40. The Bertz CT molecular complexity index is 245. The van der Waals surface area contributed by atoms with Gasteiger partial charge in [-0.05, 0) is 32.9 Å². The minimum atomic E-state index is -0.654. The van der Waals surface area contributed by atoms with Gasteiger partial charge < -0.3 is 10.0 Å². The topological polar surface area (TPSA) is 43.8 Å². The summed E-state index contributed by atoms with van der Waals surface area (Å²) in [5, 5.41) is 8.85. The third-order valence-electron chi connectivity index (χ3n) is 3.66. The average Bonchev–Trinajstić information content (AvgIpc) is 2.42. The Labute approximate surface area is 90.9 Å². The molecule has 2 saturated heterocycles. The Morgan fingerprint density at radius 2 is 2.20 bits per heavy atom. The fourth-order valence-corrected chi connectivity index (χ4v) is 2.97. The van der Waals surface area contributed by atoms with E-state index in [-0.39, 0.29) is 0 Å². The minimum Gasteiger partial charge on any atom is -0.481 e. The van der Waals surface area contributed by atoms with Gasteiger partial charge in [0.1, 0.15) is 0 Å². The molecule has 0 aliphatic carbocycles. The monoisotopic (exact) mass is 212 g/mol. The van der Waals surface area contributed by atoms with Crippen molar-refractivity contribution in [2.24, 2.45) is 0 Å². The van der Waals surface area contributed by atoms with Crippen LogP contribution in [0.2, 0.25) is 0 Å². The van der Waals surface area contributed by atoms with Gasteiger partial charge in [-0.15, -0.1) is 0 Å². The van der Waals surface area contributed by atoms with E-state index in [0.29, 0.717) is 18.5 Å². The second kappa shape index (κ2) is 4.49. The quantitative estimate of drug-likeness (QED) is 0.729. The van der Waals surface area contributed by atoms with E-state index in [0.717, 1.165) is 26.1 Å². The van der Waals surface area contributed by atoms with E-state index in [1.54, 1.807) is 0 Å². The summed E-state index contributed by atoms with van der Waals surface area (Å²) in [5.74, 6) is -0.654. The lowest BCUT2D eigenvalue weighted by atomic mass is 10.1. The van der Waals surface area contributed by atoms with Gasteiger partial charge in [-0.2, -0.15) is 0 Å². The normalized spacial score (nSPS) is 33.7. The first kappa shape index (κ1) is 10.9. The summed E-state index contributed by atoms with van der Waals surface area (Å²) in [5.41, 5.74) is 0. The summed E-state index contributed by atoms with van der Waals surface area (Å²) in [7, 11) is 2.16. The molecule has 2 heterocycles. The fraction of sp³-hybridized carbons (Fsp3) is 0.909. The molecule has 0 aromatic heterocycles. The smallest absolute Gasteiger partial charge is 0.304 e. The summed E-state index contributed by atoms with van der Waals surface area (Å²) in [6.07, 6.45) is 3.72. The van der Waals surface area contributed by atoms with Crippen molar-refractivity contribution in [2.45, 2.75) is 37.8 Å². The molecule has 0 amide bonds. The van der Waals surface area contributed by atoms with Gasteiger partial charge in [-0.1, -0.05) is 0 Å². The highest BCUT2D eigenvalue weighted by atomic mass is 16.4. The molecular formula is C11H20N2O2. The number of hydrogen-bond donors (Lipinski definition) is 1. The number of rotatable bonds is 2. The van der Waals surface area contributed by atoms with Crippen molar-refractivity contribution in [1.29, 1.82) is 0 Å². The molecule has 2 atom stereocenters. The second-order valence-electron chi connectivity index (χ2n) is 4.84. The van der Waals surface area contributed by atoms with Crippen molar-refractivity contribution in [3.05, 3.63) is 0 Å². The maximum absolute atomic E-state index is 10.7. The molecule has 0 aromatic rings. The highest BCUT2D eigenvalue weighted by Gasteiger charge is 2.35. The SMILES string of the molecule is CN1CCCN2C(CC(=O)O)CCC2C1. The van der Waals surface area contributed by atoms with Crippen molar-refractivity contribution in [1.82, 2.24) is 9.80 Å². The molecule has 2 fully saturated rings. The summed E-state index contributed by atoms with van der Waals surface area (Å²) in [6.45, 7) is 3.33. The van der Waals surface area contributed by atoms with Gasteiger partial charge in [0.15, 0.2) is 0 Å². The first-order valence-corrected chi connectivity index (χ1v) is 5.83. The van der Waals surface area contributed by atoms with E-state index in [1.165, 1.54) is 12.8 Å². The average molecular weight is 212 g/mol. The summed E-state index contributed by atoms with van der Waals surface area (Å²) >= 11 is 0. The van der Waals surface area contributed by atoms with Crippen LogP contribution in [0.15, 0.2) is 0 Å². The van der Waals surface area contributed by atoms with Crippen LogP contribution in [0, 0.1) is 0 Å². The molecule has 15 heavy (non-hydrogen) atoms. The Balaban J connectivity index is 1.98. The van der Waals surface area contributed by atoms with Crippen LogP contribution in [-0.4, -0.2) is 59.6 Å². The lowest BCUT2D eigenvalue weighted by Gasteiger charge is -2.27. The highest BCUT2D eigenvalue weighted by molar-refractivity contribution is 5.67. The van der Waals surface area contributed by atoms with Gasteiger partial charge in [0, 0.05) is 25.2 Å². The molecule has 4 nitrogen and oxygen atoms in total. The molecular weight excluding hydrogens is 192 g/mol. The Kier molecular flexibility index (Phi) is 3.26. The van der Waals surface area contributed by atoms with Crippen LogP contribution in [0.25, 0.3) is 0 Å². The van der Waals surface area contributed by atoms with E-state index in [4.69, 9.17) is 5.11 Å². The molecule has 86 valence electrons. The van der Waals surface area contributed by atoms with Crippen molar-refractivity contribution in [2.75, 3.05) is 26.7 Å². The molecule has 0 aromatic carbocycles. The van der Waals surface area contributed by atoms with Gasteiger partial charge in [-0.3, -0.25) is 9.69 Å². The van der Waals surface area contributed by atoms with Crippen molar-refractivity contribution in [3.63, 3.8) is 0 Å². The van der Waals surface area contributed by atoms with Crippen LogP contribution in [0.3, 0.4) is 0 Å². The van der Waals surface area contributed by atoms with Gasteiger partial charge in [0.2, 0.25) is 0 Å². The number of nitrogens with zero attached hydrogens (tertiary/aromatic N) is 2. The molecule has 2 aliphatic heterocycles. The number of likely N-dealkylation sites (N-methyl/N-ethyl adjacent to an activating group) is 1. The second-order valence-corrected chi connectivity index (χ2v) is 4.84. The highest BCUT2D eigenvalue weighted by Crippen LogP contribution is 2.28. The molecule has 1 N–H and O–H groups in total. The van der Waals surface area contributed by atoms with Crippen molar-refractivity contribution >= 4 is 5.97 Å². The fourth-order valence-electron chi connectivity index (χ4n) is 2.97. The maximum Gasteiger partial charge on any atom is 0.304 e. The number of carbonyl (C=O) groups is 1. The van der Waals surface area contributed by atoms with E-state index in [9.17, 15) is 4.79 Å². The molecule has 0 saturated carbocycles. The van der Waals surface area contributed by atoms with Crippen LogP contribution in [-0.2, 0) is 4.79 Å². The summed E-state index contributed by atoms with van der Waals surface area (Å²) in [4.78, 5) is 15.5. The summed E-state index contributed by atoms with van der Waals surface area (Å²) in [6, 6.07) is 0.890. The van der Waals surface area contributed by atoms with Crippen molar-refractivity contribution < 1.29 is 9.90 Å². The largest absolute Gasteiger partial charge is 0.481 e. The molecule has 0 spiro atoms. The minimum absolute atomic E-state index is 0.291. The standard InChI is InChI=1S/C11H20N2O2/c1-12-5-2-6-13-9(7-11(14)15)3-4-10(13)8-12/h9-10H,2-8H2,1H3,(H,14,15). The van der Waals surface area contributed by atoms with E-state index < -0.39 is 5.97 Å². The molecule has 4 heteroatoms. The van der Waals surface area contributed by atoms with Crippen LogP contribution >= 0.6 is 0 Å². The zero-order valence-electron chi connectivity index (χ0n) is 9.35. The van der Waals surface area contributed by atoms with Gasteiger partial charge in [-0.25, -0.2) is 0 Å². The molecule has 2 unspecified atom stereocenters. The summed E-state index contributed by atoms with van der Waals surface area (Å²) < 4.78 is 0. The van der Waals surface area contributed by atoms with Gasteiger partial charge in [0.05, 0.1) is 6.42 Å². The van der Waals surface area contributed by atoms with E-state index in [1.807, 2.05) is 0 Å². The number of carboxylic acids is 1. The van der Waals surface area contributed by atoms with Crippen LogP contribution in [0.5, 0.6) is 0 Å². The molecule has 2 rings (SSSR count). The predicted octanol–water partition coefficient (Wildman–Crippen LogP) is 0.630. The number of carboxylic acid groups (broad SMARTS) is 1. The zero-order chi connectivity index (χ0) is 10.8.